The molecule has 25 heavy (non-hydrogen) atoms. The molecule has 2 N–H and O–H groups in total. The van der Waals surface area contributed by atoms with Crippen molar-refractivity contribution < 1.29 is 19.6 Å². The van der Waals surface area contributed by atoms with Gasteiger partial charge in [-0.1, -0.05) is 52.3 Å². The molecule has 132 valence electrons. The number of carbonyl (C=O) groups excluding carboxylic acids is 1. The van der Waals surface area contributed by atoms with Crippen molar-refractivity contribution in [2.24, 2.45) is 0 Å². The Kier molecular flexibility index (Phi) is 6.90. The zero-order valence-corrected chi connectivity index (χ0v) is 15.8. The highest BCUT2D eigenvalue weighted by molar-refractivity contribution is 9.09. The van der Waals surface area contributed by atoms with Gasteiger partial charge in [0.1, 0.15) is 10.6 Å². The van der Waals surface area contributed by atoms with Gasteiger partial charge in [0, 0.05) is 13.1 Å². The molecule has 2 rings (SSSR count). The lowest BCUT2D eigenvalue weighted by Crippen LogP contribution is -2.37. The molecule has 0 bridgehead atoms. The number of alkyl halides is 1. The lowest BCUT2D eigenvalue weighted by Gasteiger charge is -2.22. The first-order chi connectivity index (χ1) is 12.0. The largest absolute Gasteiger partial charge is 0.560 e. The van der Waals surface area contributed by atoms with Crippen molar-refractivity contribution in [3.05, 3.63) is 54.1 Å². The Labute approximate surface area is 156 Å². The van der Waals surface area contributed by atoms with Gasteiger partial charge in [0.15, 0.2) is 5.75 Å². The number of phenolic OH excluding ortho intramolecular Hbond substituents is 1. The average Bonchev–Trinajstić information content (AvgIpc) is 2.64. The first kappa shape index (κ1) is 19.3. The maximum atomic E-state index is 12.4. The molecule has 7 heteroatoms. The topological polar surface area (TPSA) is 70.0 Å². The van der Waals surface area contributed by atoms with Crippen LogP contribution < -0.4 is 10.1 Å². The van der Waals surface area contributed by atoms with E-state index in [0.717, 1.165) is 5.56 Å². The zero-order chi connectivity index (χ0) is 18.4. The first-order valence-electron chi connectivity index (χ1n) is 8.13. The molecule has 2 aromatic carbocycles. The number of hydrogen-bond acceptors (Lipinski definition) is 4. The molecule has 1 unspecified atom stereocenters. The second-order valence-corrected chi connectivity index (χ2v) is 6.39. The molecule has 0 radical (unpaired) electrons. The summed E-state index contributed by atoms with van der Waals surface area (Å²) in [4.78, 5) is 13.7. The van der Waals surface area contributed by atoms with E-state index in [2.05, 4.69) is 15.9 Å². The number of likely N-dealkylation sites (N-methyl/N-ethyl adjacent to an activating group) is 1. The molecular formula is C18H21BBrNO4. The molecule has 0 aliphatic rings. The Morgan fingerprint density at radius 1 is 1.16 bits per heavy atom. The van der Waals surface area contributed by atoms with Crippen LogP contribution in [0.3, 0.4) is 0 Å². The van der Waals surface area contributed by atoms with E-state index >= 15 is 0 Å². The predicted octanol–water partition coefficient (Wildman–Crippen LogP) is 2.46. The standard InChI is InChI=1S/C18H21BBrNO4/c1-3-21(4-2)18(23)17(20)13-9-11-14(12-10-13)19(24)25-16-8-6-5-7-15(16)22/h5-12,17,22,24H,3-4H2,1-2H3. The van der Waals surface area contributed by atoms with Crippen molar-refractivity contribution in [3.63, 3.8) is 0 Å². The van der Waals surface area contributed by atoms with E-state index in [-0.39, 0.29) is 17.4 Å². The summed E-state index contributed by atoms with van der Waals surface area (Å²) in [7, 11) is -1.21. The fourth-order valence-corrected chi connectivity index (χ4v) is 3.01. The number of amides is 1. The average molecular weight is 406 g/mol. The third kappa shape index (κ3) is 4.77. The van der Waals surface area contributed by atoms with Crippen molar-refractivity contribution in [2.75, 3.05) is 13.1 Å². The molecular weight excluding hydrogens is 385 g/mol. The van der Waals surface area contributed by atoms with Crippen LogP contribution in [-0.4, -0.2) is 41.1 Å². The van der Waals surface area contributed by atoms with Gasteiger partial charge in [-0.3, -0.25) is 4.79 Å². The number of hydrogen-bond donors (Lipinski definition) is 2. The van der Waals surface area contributed by atoms with Crippen molar-refractivity contribution in [3.8, 4) is 11.5 Å². The van der Waals surface area contributed by atoms with E-state index in [9.17, 15) is 14.9 Å². The smallest absolute Gasteiger partial charge is 0.530 e. The number of phenols is 1. The number of halogens is 1. The van der Waals surface area contributed by atoms with E-state index < -0.39 is 11.9 Å². The summed E-state index contributed by atoms with van der Waals surface area (Å²) in [5, 5.41) is 19.9. The van der Waals surface area contributed by atoms with Gasteiger partial charge in [-0.05, 0) is 37.0 Å². The number of nitrogens with zero attached hydrogens (tertiary/aromatic N) is 1. The van der Waals surface area contributed by atoms with Crippen LogP contribution in [0.2, 0.25) is 0 Å². The molecule has 0 saturated carbocycles. The van der Waals surface area contributed by atoms with Crippen LogP contribution in [0.1, 0.15) is 24.2 Å². The molecule has 0 spiro atoms. The third-order valence-corrected chi connectivity index (χ3v) is 4.83. The molecule has 0 heterocycles. The molecule has 1 amide bonds. The summed E-state index contributed by atoms with van der Waals surface area (Å²) in [5.41, 5.74) is 1.33. The van der Waals surface area contributed by atoms with E-state index in [4.69, 9.17) is 4.65 Å². The fraction of sp³-hybridized carbons (Fsp3) is 0.278. The Bertz CT molecular complexity index is 706. The van der Waals surface area contributed by atoms with Crippen LogP contribution in [0.5, 0.6) is 11.5 Å². The summed E-state index contributed by atoms with van der Waals surface area (Å²) in [6.07, 6.45) is 0. The van der Waals surface area contributed by atoms with Crippen LogP contribution in [0.4, 0.5) is 0 Å². The normalized spacial score (nSPS) is 11.7. The van der Waals surface area contributed by atoms with Gasteiger partial charge in [-0.15, -0.1) is 0 Å². The monoisotopic (exact) mass is 405 g/mol. The number of benzene rings is 2. The maximum Gasteiger partial charge on any atom is 0.560 e. The van der Waals surface area contributed by atoms with Gasteiger partial charge in [0.05, 0.1) is 0 Å². The molecule has 0 fully saturated rings. The van der Waals surface area contributed by atoms with Gasteiger partial charge in [0.2, 0.25) is 5.91 Å². The predicted molar refractivity (Wildman–Crippen MR) is 102 cm³/mol. The SMILES string of the molecule is CCN(CC)C(=O)C(Br)c1ccc(B(O)Oc2ccccc2O)cc1. The minimum atomic E-state index is -1.21. The molecule has 1 atom stereocenters. The highest BCUT2D eigenvalue weighted by Crippen LogP contribution is 2.26. The zero-order valence-electron chi connectivity index (χ0n) is 14.2. The summed E-state index contributed by atoms with van der Waals surface area (Å²) in [6, 6.07) is 13.4. The van der Waals surface area contributed by atoms with Crippen molar-refractivity contribution in [1.82, 2.24) is 4.90 Å². The molecule has 5 nitrogen and oxygen atoms in total. The van der Waals surface area contributed by atoms with E-state index in [1.807, 2.05) is 13.8 Å². The Balaban J connectivity index is 2.08. The minimum absolute atomic E-state index is 0.00348. The third-order valence-electron chi connectivity index (χ3n) is 3.91. The van der Waals surface area contributed by atoms with Crippen LogP contribution in [0, 0.1) is 0 Å². The highest BCUT2D eigenvalue weighted by Gasteiger charge is 2.24. The highest BCUT2D eigenvalue weighted by atomic mass is 79.9. The van der Waals surface area contributed by atoms with Crippen LogP contribution in [0.25, 0.3) is 0 Å². The Hall–Kier alpha value is -1.99. The summed E-state index contributed by atoms with van der Waals surface area (Å²) in [5.74, 6) is 0.168. The summed E-state index contributed by atoms with van der Waals surface area (Å²) in [6.45, 7) is 5.19. The van der Waals surface area contributed by atoms with Gasteiger partial charge in [-0.2, -0.15) is 0 Å². The van der Waals surface area contributed by atoms with Crippen molar-refractivity contribution in [2.45, 2.75) is 18.7 Å². The Morgan fingerprint density at radius 3 is 2.32 bits per heavy atom. The number of para-hydroxylation sites is 2. The van der Waals surface area contributed by atoms with Crippen LogP contribution >= 0.6 is 15.9 Å². The fourth-order valence-electron chi connectivity index (χ4n) is 2.41. The second kappa shape index (κ2) is 8.92. The quantitative estimate of drug-likeness (QED) is 0.548. The first-order valence-corrected chi connectivity index (χ1v) is 9.04. The van der Waals surface area contributed by atoms with Crippen LogP contribution in [0.15, 0.2) is 48.5 Å². The van der Waals surface area contributed by atoms with E-state index in [1.54, 1.807) is 47.4 Å². The van der Waals surface area contributed by atoms with Crippen LogP contribution in [-0.2, 0) is 4.79 Å². The molecule has 0 aromatic heterocycles. The van der Waals surface area contributed by atoms with Gasteiger partial charge >= 0.3 is 7.12 Å². The van der Waals surface area contributed by atoms with Gasteiger partial charge < -0.3 is 19.7 Å². The van der Waals surface area contributed by atoms with Gasteiger partial charge in [-0.25, -0.2) is 0 Å². The summed E-state index contributed by atoms with van der Waals surface area (Å²) >= 11 is 3.44. The molecule has 0 aliphatic carbocycles. The van der Waals surface area contributed by atoms with E-state index in [1.165, 1.54) is 6.07 Å². The molecule has 0 saturated heterocycles. The van der Waals surface area contributed by atoms with E-state index in [0.29, 0.717) is 18.6 Å². The van der Waals surface area contributed by atoms with Crippen molar-refractivity contribution in [1.29, 1.82) is 0 Å². The van der Waals surface area contributed by atoms with Crippen molar-refractivity contribution >= 4 is 34.4 Å². The lowest BCUT2D eigenvalue weighted by atomic mass is 9.79. The molecule has 0 aliphatic heterocycles. The Morgan fingerprint density at radius 2 is 1.76 bits per heavy atom. The maximum absolute atomic E-state index is 12.4. The number of rotatable bonds is 7. The summed E-state index contributed by atoms with van der Waals surface area (Å²) < 4.78 is 5.37. The van der Waals surface area contributed by atoms with Gasteiger partial charge in [0.25, 0.3) is 0 Å². The number of carbonyl (C=O) groups is 1. The second-order valence-electron chi connectivity index (χ2n) is 5.48. The lowest BCUT2D eigenvalue weighted by molar-refractivity contribution is -0.130. The molecule has 2 aromatic rings. The number of aromatic hydroxyl groups is 1. The minimum Gasteiger partial charge on any atom is -0.530 e.